The number of amides is 2. The van der Waals surface area contributed by atoms with Crippen molar-refractivity contribution in [2.45, 2.75) is 18.3 Å². The Labute approximate surface area is 180 Å². The number of nitrogens with zero attached hydrogens (tertiary/aromatic N) is 1. The van der Waals surface area contributed by atoms with Crippen molar-refractivity contribution in [1.82, 2.24) is 4.90 Å². The van der Waals surface area contributed by atoms with Crippen LogP contribution in [-0.2, 0) is 23.9 Å². The third-order valence-electron chi connectivity index (χ3n) is 4.54. The number of hydrogen-bond donors (Lipinski definition) is 3. The van der Waals surface area contributed by atoms with Gasteiger partial charge in [0.25, 0.3) is 5.78 Å². The molecule has 1 aromatic carbocycles. The molecular formula is C19H19N3O8S. The maximum atomic E-state index is 12.5. The number of aliphatic carboxylic acids is 1. The Morgan fingerprint density at radius 2 is 1.97 bits per heavy atom. The van der Waals surface area contributed by atoms with Crippen LogP contribution in [0.4, 0.5) is 10.5 Å². The monoisotopic (exact) mass is 449 g/mol. The number of anilines is 1. The second kappa shape index (κ2) is 9.18. The van der Waals surface area contributed by atoms with E-state index in [1.54, 1.807) is 13.0 Å². The van der Waals surface area contributed by atoms with Crippen molar-refractivity contribution in [3.05, 3.63) is 41.1 Å². The lowest BCUT2D eigenvalue weighted by Gasteiger charge is -2.47. The van der Waals surface area contributed by atoms with Gasteiger partial charge in [-0.1, -0.05) is 12.1 Å². The number of thioether (sulfide) groups is 1. The highest BCUT2D eigenvalue weighted by molar-refractivity contribution is 8.00. The number of ether oxygens (including phenoxy) is 2. The summed E-state index contributed by atoms with van der Waals surface area (Å²) >= 11 is 1.25. The Balaban J connectivity index is 1.72. The van der Waals surface area contributed by atoms with E-state index < -0.39 is 47.7 Å². The number of β-lactam (4-membered cyclic amide) rings is 1. The number of hydrogen-bond acceptors (Lipinski definition) is 9. The van der Waals surface area contributed by atoms with E-state index in [-0.39, 0.29) is 34.9 Å². The van der Waals surface area contributed by atoms with Crippen LogP contribution in [0.15, 0.2) is 35.5 Å². The summed E-state index contributed by atoms with van der Waals surface area (Å²) in [5.41, 5.74) is 5.51. The molecule has 0 saturated carbocycles. The van der Waals surface area contributed by atoms with Crippen LogP contribution in [0, 0.1) is 0 Å². The van der Waals surface area contributed by atoms with Gasteiger partial charge in [0.1, 0.15) is 23.7 Å². The summed E-state index contributed by atoms with van der Waals surface area (Å²) in [6, 6.07) is 5.01. The zero-order valence-corrected chi connectivity index (χ0v) is 17.1. The minimum Gasteiger partial charge on any atom is -0.477 e. The summed E-state index contributed by atoms with van der Waals surface area (Å²) in [6.07, 6.45) is -0.793. The standard InChI is InChI=1S/C19H19N3O8S/c1-2-29-19(28)21-11-6-4-3-5-10(11)14(23)18(27)30-7-9-8-31-16-12(20)15(24)22(16)13(9)17(25)26/h3-6,12,16H,2,7-8,20H2,1H3,(H,21,28)(H,25,26)/t12-,16+/m1/s1. The molecule has 164 valence electrons. The molecule has 1 saturated heterocycles. The minimum absolute atomic E-state index is 0.0598. The van der Waals surface area contributed by atoms with Crippen LogP contribution >= 0.6 is 11.8 Å². The summed E-state index contributed by atoms with van der Waals surface area (Å²) in [6.45, 7) is 1.24. The number of benzene rings is 1. The first kappa shape index (κ1) is 22.3. The van der Waals surface area contributed by atoms with Crippen molar-refractivity contribution in [3.63, 3.8) is 0 Å². The predicted octanol–water partition coefficient (Wildman–Crippen LogP) is 0.562. The highest BCUT2D eigenvalue weighted by atomic mass is 32.2. The Kier molecular flexibility index (Phi) is 6.61. The Morgan fingerprint density at radius 1 is 1.26 bits per heavy atom. The third kappa shape index (κ3) is 4.39. The van der Waals surface area contributed by atoms with Gasteiger partial charge < -0.3 is 20.3 Å². The lowest BCUT2D eigenvalue weighted by atomic mass is 10.0. The molecule has 3 rings (SSSR count). The van der Waals surface area contributed by atoms with Crippen molar-refractivity contribution < 1.29 is 38.6 Å². The Hall–Kier alpha value is -3.38. The van der Waals surface area contributed by atoms with Crippen LogP contribution in [0.2, 0.25) is 0 Å². The van der Waals surface area contributed by atoms with Crippen LogP contribution < -0.4 is 11.1 Å². The predicted molar refractivity (Wildman–Crippen MR) is 108 cm³/mol. The average molecular weight is 449 g/mol. The van der Waals surface area contributed by atoms with Crippen LogP contribution in [-0.4, -0.2) is 70.1 Å². The fourth-order valence-electron chi connectivity index (χ4n) is 3.09. The molecule has 0 radical (unpaired) electrons. The number of para-hydroxylation sites is 1. The molecule has 2 heterocycles. The zero-order valence-electron chi connectivity index (χ0n) is 16.3. The number of rotatable bonds is 7. The van der Waals surface area contributed by atoms with Crippen molar-refractivity contribution in [3.8, 4) is 0 Å². The molecule has 0 unspecified atom stereocenters. The molecule has 4 N–H and O–H groups in total. The quantitative estimate of drug-likeness (QED) is 0.232. The van der Waals surface area contributed by atoms with E-state index >= 15 is 0 Å². The highest BCUT2D eigenvalue weighted by Crippen LogP contribution is 2.39. The number of esters is 1. The van der Waals surface area contributed by atoms with Gasteiger partial charge >= 0.3 is 18.0 Å². The van der Waals surface area contributed by atoms with E-state index in [2.05, 4.69) is 5.32 Å². The highest BCUT2D eigenvalue weighted by Gasteiger charge is 2.51. The number of carbonyl (C=O) groups excluding carboxylic acids is 4. The smallest absolute Gasteiger partial charge is 0.411 e. The van der Waals surface area contributed by atoms with E-state index in [0.717, 1.165) is 4.90 Å². The maximum Gasteiger partial charge on any atom is 0.411 e. The molecule has 12 heteroatoms. The van der Waals surface area contributed by atoms with Crippen LogP contribution in [0.1, 0.15) is 17.3 Å². The largest absolute Gasteiger partial charge is 0.477 e. The van der Waals surface area contributed by atoms with Crippen LogP contribution in [0.25, 0.3) is 0 Å². The SMILES string of the molecule is CCOC(=O)Nc1ccccc1C(=O)C(=O)OCC1=C(C(=O)O)N2C(=O)[C@@H](N)[C@@H]2SC1. The first-order chi connectivity index (χ1) is 14.8. The van der Waals surface area contributed by atoms with Crippen molar-refractivity contribution in [2.75, 3.05) is 24.3 Å². The number of carboxylic acids is 1. The van der Waals surface area contributed by atoms with Gasteiger partial charge in [-0.2, -0.15) is 0 Å². The van der Waals surface area contributed by atoms with Gasteiger partial charge in [0.15, 0.2) is 0 Å². The van der Waals surface area contributed by atoms with E-state index in [9.17, 15) is 29.1 Å². The van der Waals surface area contributed by atoms with Gasteiger partial charge in [0.05, 0.1) is 17.9 Å². The van der Waals surface area contributed by atoms with Gasteiger partial charge in [-0.05, 0) is 19.1 Å². The lowest BCUT2D eigenvalue weighted by molar-refractivity contribution is -0.148. The molecule has 31 heavy (non-hydrogen) atoms. The van der Waals surface area contributed by atoms with Crippen LogP contribution in [0.5, 0.6) is 0 Å². The van der Waals surface area contributed by atoms with E-state index in [1.165, 1.54) is 30.0 Å². The Morgan fingerprint density at radius 3 is 2.65 bits per heavy atom. The molecule has 1 fully saturated rings. The molecule has 0 spiro atoms. The van der Waals surface area contributed by atoms with Crippen molar-refractivity contribution >= 4 is 47.2 Å². The third-order valence-corrected chi connectivity index (χ3v) is 5.90. The molecule has 2 atom stereocenters. The average Bonchev–Trinajstić information content (AvgIpc) is 2.76. The fraction of sp³-hybridized carbons (Fsp3) is 0.316. The molecule has 2 aliphatic heterocycles. The molecule has 0 aliphatic carbocycles. The fourth-order valence-corrected chi connectivity index (χ4v) is 4.36. The first-order valence-electron chi connectivity index (χ1n) is 9.16. The zero-order chi connectivity index (χ0) is 22.7. The van der Waals surface area contributed by atoms with E-state index in [4.69, 9.17) is 15.2 Å². The number of fused-ring (bicyclic) bond motifs is 1. The van der Waals surface area contributed by atoms with E-state index in [1.807, 2.05) is 0 Å². The van der Waals surface area contributed by atoms with Gasteiger partial charge in [-0.15, -0.1) is 11.8 Å². The van der Waals surface area contributed by atoms with Crippen molar-refractivity contribution in [1.29, 1.82) is 0 Å². The molecule has 1 aromatic rings. The summed E-state index contributed by atoms with van der Waals surface area (Å²) < 4.78 is 9.78. The number of carbonyl (C=O) groups is 5. The van der Waals surface area contributed by atoms with Gasteiger partial charge in [0.2, 0.25) is 5.91 Å². The van der Waals surface area contributed by atoms with Crippen molar-refractivity contribution in [2.24, 2.45) is 5.73 Å². The van der Waals surface area contributed by atoms with Gasteiger partial charge in [0, 0.05) is 11.3 Å². The second-order valence-electron chi connectivity index (χ2n) is 6.49. The number of carboxylic acid groups (broad SMARTS) is 1. The number of nitrogens with one attached hydrogen (secondary N) is 1. The van der Waals surface area contributed by atoms with Gasteiger partial charge in [-0.3, -0.25) is 19.8 Å². The molecule has 11 nitrogen and oxygen atoms in total. The summed E-state index contributed by atoms with van der Waals surface area (Å²) in [4.78, 5) is 61.1. The summed E-state index contributed by atoms with van der Waals surface area (Å²) in [5, 5.41) is 11.4. The van der Waals surface area contributed by atoms with Gasteiger partial charge in [-0.25, -0.2) is 14.4 Å². The molecule has 0 bridgehead atoms. The lowest BCUT2D eigenvalue weighted by Crippen LogP contribution is -2.68. The topological polar surface area (TPSA) is 165 Å². The Bertz CT molecular complexity index is 992. The normalized spacial score (nSPS) is 19.8. The summed E-state index contributed by atoms with van der Waals surface area (Å²) in [5.74, 6) is -3.99. The minimum atomic E-state index is -1.35. The first-order valence-corrected chi connectivity index (χ1v) is 10.2. The molecule has 2 aliphatic rings. The second-order valence-corrected chi connectivity index (χ2v) is 7.59. The van der Waals surface area contributed by atoms with Crippen LogP contribution in [0.3, 0.4) is 0 Å². The maximum absolute atomic E-state index is 12.5. The number of nitrogens with two attached hydrogens (primary N) is 1. The summed E-state index contributed by atoms with van der Waals surface area (Å²) in [7, 11) is 0. The number of ketones is 1. The van der Waals surface area contributed by atoms with E-state index in [0.29, 0.717) is 0 Å². The molecule has 0 aromatic heterocycles. The molecular weight excluding hydrogens is 430 g/mol. The molecule has 2 amide bonds. The number of Topliss-reactive ketones (excluding diaryl/α,β-unsaturated/α-hetero) is 1.